The molecule has 1 aromatic carbocycles. The number of nitrogen functional groups attached to an aromatic ring is 1. The maximum Gasteiger partial charge on any atom is 0.233 e. The van der Waals surface area contributed by atoms with Gasteiger partial charge in [0.25, 0.3) is 0 Å². The third kappa shape index (κ3) is 6.13. The van der Waals surface area contributed by atoms with Crippen LogP contribution in [0, 0.1) is 6.92 Å². The van der Waals surface area contributed by atoms with Crippen molar-refractivity contribution in [2.45, 2.75) is 83.4 Å². The summed E-state index contributed by atoms with van der Waals surface area (Å²) in [6.45, 7) is 14.4. The second-order valence-corrected chi connectivity index (χ2v) is 9.55. The van der Waals surface area contributed by atoms with Gasteiger partial charge >= 0.3 is 0 Å². The van der Waals surface area contributed by atoms with Crippen molar-refractivity contribution in [3.63, 3.8) is 0 Å². The molecule has 3 N–H and O–H groups in total. The standard InChI is InChI=1S/C21H33N5O2S/c1-8-21(6,7)23-19(27)15(5)29-20-25-24-18(26(20)22)12-28-17-11-14(4)9-10-16(17)13(2)3/h9-11,13,15H,8,12,22H2,1-7H3,(H,23,27). The molecule has 0 saturated carbocycles. The Morgan fingerprint density at radius 1 is 1.31 bits per heavy atom. The maximum atomic E-state index is 12.4. The molecule has 0 spiro atoms. The van der Waals surface area contributed by atoms with Gasteiger partial charge in [0.1, 0.15) is 12.4 Å². The zero-order valence-corrected chi connectivity index (χ0v) is 19.3. The lowest BCUT2D eigenvalue weighted by Crippen LogP contribution is -2.46. The van der Waals surface area contributed by atoms with E-state index in [0.717, 1.165) is 23.3 Å². The molecule has 0 aliphatic rings. The molecule has 1 atom stereocenters. The molecular formula is C21H33N5O2S. The third-order valence-electron chi connectivity index (χ3n) is 4.88. The molecule has 29 heavy (non-hydrogen) atoms. The van der Waals surface area contributed by atoms with E-state index >= 15 is 0 Å². The molecule has 1 aromatic heterocycles. The van der Waals surface area contributed by atoms with Gasteiger partial charge in [-0.1, -0.05) is 44.7 Å². The van der Waals surface area contributed by atoms with E-state index < -0.39 is 0 Å². The van der Waals surface area contributed by atoms with Gasteiger partial charge in [-0.2, -0.15) is 0 Å². The van der Waals surface area contributed by atoms with Crippen LogP contribution in [-0.2, 0) is 11.4 Å². The van der Waals surface area contributed by atoms with Crippen LogP contribution in [0.3, 0.4) is 0 Å². The zero-order chi connectivity index (χ0) is 21.8. The predicted octanol–water partition coefficient (Wildman–Crippen LogP) is 3.79. The number of nitrogens with zero attached hydrogens (tertiary/aromatic N) is 3. The van der Waals surface area contributed by atoms with E-state index in [0.29, 0.717) is 16.9 Å². The van der Waals surface area contributed by atoms with Crippen molar-refractivity contribution in [3.8, 4) is 5.75 Å². The zero-order valence-electron chi connectivity index (χ0n) is 18.4. The van der Waals surface area contributed by atoms with Gasteiger partial charge < -0.3 is 15.9 Å². The number of benzene rings is 1. The lowest BCUT2D eigenvalue weighted by Gasteiger charge is -2.26. The molecule has 0 bridgehead atoms. The highest BCUT2D eigenvalue weighted by molar-refractivity contribution is 8.00. The van der Waals surface area contributed by atoms with Crippen LogP contribution in [0.15, 0.2) is 23.4 Å². The van der Waals surface area contributed by atoms with Gasteiger partial charge in [0.05, 0.1) is 5.25 Å². The van der Waals surface area contributed by atoms with Crippen LogP contribution in [0.4, 0.5) is 0 Å². The minimum Gasteiger partial charge on any atom is -0.485 e. The van der Waals surface area contributed by atoms with Crippen LogP contribution in [0.5, 0.6) is 5.75 Å². The number of rotatable bonds is 9. The first kappa shape index (κ1) is 23.1. The van der Waals surface area contributed by atoms with E-state index in [2.05, 4.69) is 41.5 Å². The Labute approximate surface area is 177 Å². The first-order valence-corrected chi connectivity index (χ1v) is 10.8. The molecule has 0 saturated heterocycles. The lowest BCUT2D eigenvalue weighted by atomic mass is 10.0. The number of thioether (sulfide) groups is 1. The summed E-state index contributed by atoms with van der Waals surface area (Å²) in [7, 11) is 0. The number of amides is 1. The number of aryl methyl sites for hydroxylation is 1. The molecule has 8 heteroatoms. The normalized spacial score (nSPS) is 12.8. The fourth-order valence-electron chi connectivity index (χ4n) is 2.61. The Bertz CT molecular complexity index is 848. The minimum absolute atomic E-state index is 0.0519. The fraction of sp³-hybridized carbons (Fsp3) is 0.571. The van der Waals surface area contributed by atoms with Crippen molar-refractivity contribution in [1.29, 1.82) is 0 Å². The van der Waals surface area contributed by atoms with Crippen LogP contribution in [0.2, 0.25) is 0 Å². The van der Waals surface area contributed by atoms with Gasteiger partial charge in [0, 0.05) is 5.54 Å². The van der Waals surface area contributed by atoms with Gasteiger partial charge in [-0.3, -0.25) is 4.79 Å². The number of hydrogen-bond donors (Lipinski definition) is 2. The predicted molar refractivity (Wildman–Crippen MR) is 118 cm³/mol. The van der Waals surface area contributed by atoms with Crippen LogP contribution in [0.1, 0.15) is 70.8 Å². The first-order chi connectivity index (χ1) is 13.5. The van der Waals surface area contributed by atoms with E-state index in [1.807, 2.05) is 40.7 Å². The summed E-state index contributed by atoms with van der Waals surface area (Å²) in [5, 5.41) is 11.5. The summed E-state index contributed by atoms with van der Waals surface area (Å²) < 4.78 is 7.39. The van der Waals surface area contributed by atoms with Gasteiger partial charge in [0.2, 0.25) is 11.1 Å². The molecule has 0 aliphatic heterocycles. The van der Waals surface area contributed by atoms with Crippen molar-refractivity contribution in [2.75, 3.05) is 5.84 Å². The minimum atomic E-state index is -0.342. The monoisotopic (exact) mass is 419 g/mol. The Hall–Kier alpha value is -2.22. The SMILES string of the molecule is CCC(C)(C)NC(=O)C(C)Sc1nnc(COc2cc(C)ccc2C(C)C)n1N. The molecule has 0 aliphatic carbocycles. The molecule has 2 rings (SSSR count). The van der Waals surface area contributed by atoms with Gasteiger partial charge in [0.15, 0.2) is 5.82 Å². The topological polar surface area (TPSA) is 95.1 Å². The van der Waals surface area contributed by atoms with Crippen LogP contribution in [-0.4, -0.2) is 31.6 Å². The number of nitrogens with one attached hydrogen (secondary N) is 1. The van der Waals surface area contributed by atoms with Crippen LogP contribution < -0.4 is 15.9 Å². The smallest absolute Gasteiger partial charge is 0.233 e. The number of carbonyl (C=O) groups is 1. The molecule has 1 unspecified atom stereocenters. The quantitative estimate of drug-likeness (QED) is 0.474. The Kier molecular flexibility index (Phi) is 7.57. The van der Waals surface area contributed by atoms with E-state index in [1.165, 1.54) is 16.4 Å². The Balaban J connectivity index is 2.05. The highest BCUT2D eigenvalue weighted by atomic mass is 32.2. The van der Waals surface area contributed by atoms with E-state index in [4.69, 9.17) is 10.6 Å². The van der Waals surface area contributed by atoms with Crippen molar-refractivity contribution in [3.05, 3.63) is 35.2 Å². The average molecular weight is 420 g/mol. The van der Waals surface area contributed by atoms with Crippen LogP contribution >= 0.6 is 11.8 Å². The Morgan fingerprint density at radius 2 is 2.00 bits per heavy atom. The van der Waals surface area contributed by atoms with E-state index in [1.54, 1.807) is 0 Å². The van der Waals surface area contributed by atoms with Gasteiger partial charge in [-0.15, -0.1) is 10.2 Å². The molecule has 1 heterocycles. The summed E-state index contributed by atoms with van der Waals surface area (Å²) in [6, 6.07) is 6.18. The number of aromatic nitrogens is 3. The van der Waals surface area contributed by atoms with Gasteiger partial charge in [-0.25, -0.2) is 4.68 Å². The molecule has 0 radical (unpaired) electrons. The van der Waals surface area contributed by atoms with Crippen LogP contribution in [0.25, 0.3) is 0 Å². The van der Waals surface area contributed by atoms with Crippen molar-refractivity contribution in [2.24, 2.45) is 0 Å². The number of ether oxygens (including phenoxy) is 1. The summed E-state index contributed by atoms with van der Waals surface area (Å²) >= 11 is 1.28. The second kappa shape index (κ2) is 9.52. The number of hydrogen-bond acceptors (Lipinski definition) is 6. The summed E-state index contributed by atoms with van der Waals surface area (Å²) in [5.74, 6) is 7.78. The summed E-state index contributed by atoms with van der Waals surface area (Å²) in [4.78, 5) is 12.4. The number of nitrogens with two attached hydrogens (primary N) is 1. The largest absolute Gasteiger partial charge is 0.485 e. The molecule has 7 nitrogen and oxygen atoms in total. The maximum absolute atomic E-state index is 12.4. The van der Waals surface area contributed by atoms with Crippen molar-refractivity contribution in [1.82, 2.24) is 20.2 Å². The van der Waals surface area contributed by atoms with E-state index in [-0.39, 0.29) is 23.3 Å². The molecular weight excluding hydrogens is 386 g/mol. The summed E-state index contributed by atoms with van der Waals surface area (Å²) in [5.41, 5.74) is 2.02. The highest BCUT2D eigenvalue weighted by Gasteiger charge is 2.24. The Morgan fingerprint density at radius 3 is 2.62 bits per heavy atom. The first-order valence-electron chi connectivity index (χ1n) is 9.95. The number of carbonyl (C=O) groups excluding carboxylic acids is 1. The van der Waals surface area contributed by atoms with Crippen molar-refractivity contribution >= 4 is 17.7 Å². The molecule has 2 aromatic rings. The van der Waals surface area contributed by atoms with E-state index in [9.17, 15) is 4.79 Å². The summed E-state index contributed by atoms with van der Waals surface area (Å²) in [6.07, 6.45) is 0.849. The second-order valence-electron chi connectivity index (χ2n) is 8.24. The van der Waals surface area contributed by atoms with Crippen molar-refractivity contribution < 1.29 is 9.53 Å². The third-order valence-corrected chi connectivity index (χ3v) is 5.94. The molecule has 160 valence electrons. The van der Waals surface area contributed by atoms with Gasteiger partial charge in [-0.05, 0) is 57.2 Å². The fourth-order valence-corrected chi connectivity index (χ4v) is 3.40. The lowest BCUT2D eigenvalue weighted by molar-refractivity contribution is -0.121. The highest BCUT2D eigenvalue weighted by Crippen LogP contribution is 2.28. The molecule has 0 fully saturated rings. The molecule has 1 amide bonds. The average Bonchev–Trinajstić information content (AvgIpc) is 2.99.